The predicted octanol–water partition coefficient (Wildman–Crippen LogP) is 1.85. The van der Waals surface area contributed by atoms with Crippen LogP contribution < -0.4 is 15.4 Å². The lowest BCUT2D eigenvalue weighted by Gasteiger charge is -2.33. The van der Waals surface area contributed by atoms with E-state index in [-0.39, 0.29) is 54.9 Å². The molecule has 2 aromatic rings. The summed E-state index contributed by atoms with van der Waals surface area (Å²) in [4.78, 5) is 13.2. The van der Waals surface area contributed by atoms with Gasteiger partial charge in [0.15, 0.2) is 6.29 Å². The smallest absolute Gasteiger partial charge is 0.407 e. The number of ether oxygens (including phenoxy) is 4. The van der Waals surface area contributed by atoms with Gasteiger partial charge in [-0.3, -0.25) is 0 Å². The molecule has 0 radical (unpaired) electrons. The van der Waals surface area contributed by atoms with E-state index in [2.05, 4.69) is 10.6 Å². The molecule has 0 saturated carbocycles. The number of sulfonamides is 1. The van der Waals surface area contributed by atoms with Crippen molar-refractivity contribution in [3.05, 3.63) is 54.1 Å². The first kappa shape index (κ1) is 31.5. The molecule has 3 saturated heterocycles. The Hall–Kier alpha value is -2.94. The van der Waals surface area contributed by atoms with Crippen LogP contribution in [-0.2, 0) is 30.7 Å². The molecule has 1 unspecified atom stereocenters. The van der Waals surface area contributed by atoms with Gasteiger partial charge in [0.05, 0.1) is 43.3 Å². The number of amides is 1. The van der Waals surface area contributed by atoms with Crippen LogP contribution in [0, 0.1) is 11.8 Å². The first-order valence-corrected chi connectivity index (χ1v) is 16.2. The number of methoxy groups -OCH3 is 1. The largest absolute Gasteiger partial charge is 0.508 e. The van der Waals surface area contributed by atoms with Crippen molar-refractivity contribution in [2.45, 2.75) is 55.1 Å². The molecule has 0 aromatic heterocycles. The summed E-state index contributed by atoms with van der Waals surface area (Å²) in [5.74, 6) is 0.672. The minimum absolute atomic E-state index is 0.0543. The quantitative estimate of drug-likeness (QED) is 0.277. The number of carbonyl (C=O) groups excluding carboxylic acids is 1. The van der Waals surface area contributed by atoms with Crippen molar-refractivity contribution in [1.82, 2.24) is 14.9 Å². The second-order valence-corrected chi connectivity index (χ2v) is 13.3. The summed E-state index contributed by atoms with van der Waals surface area (Å²) in [5.41, 5.74) is 0.735. The van der Waals surface area contributed by atoms with E-state index in [0.29, 0.717) is 12.4 Å². The van der Waals surface area contributed by atoms with Gasteiger partial charge >= 0.3 is 6.09 Å². The average molecular weight is 620 g/mol. The number of nitrogens with zero attached hydrogens (tertiary/aromatic N) is 1. The van der Waals surface area contributed by atoms with Gasteiger partial charge in [0.1, 0.15) is 17.6 Å². The van der Waals surface area contributed by atoms with Gasteiger partial charge in [-0.05, 0) is 86.7 Å². The second-order valence-electron chi connectivity index (χ2n) is 11.3. The third-order valence-electron chi connectivity index (χ3n) is 8.41. The van der Waals surface area contributed by atoms with Crippen LogP contribution in [-0.4, -0.2) is 100 Å². The molecule has 2 aromatic carbocycles. The zero-order valence-electron chi connectivity index (χ0n) is 24.3. The Morgan fingerprint density at radius 1 is 1.09 bits per heavy atom. The van der Waals surface area contributed by atoms with Crippen LogP contribution in [0.1, 0.15) is 24.8 Å². The fourth-order valence-electron chi connectivity index (χ4n) is 5.90. The number of phenols is 1. The van der Waals surface area contributed by atoms with E-state index in [9.17, 15) is 23.4 Å². The Morgan fingerprint density at radius 2 is 1.81 bits per heavy atom. The summed E-state index contributed by atoms with van der Waals surface area (Å²) in [6.07, 6.45) is -0.365. The Morgan fingerprint density at radius 3 is 2.51 bits per heavy atom. The van der Waals surface area contributed by atoms with E-state index in [1.807, 2.05) is 0 Å². The summed E-state index contributed by atoms with van der Waals surface area (Å²) < 4.78 is 51.1. The van der Waals surface area contributed by atoms with Crippen LogP contribution in [0.5, 0.6) is 11.5 Å². The highest BCUT2D eigenvalue weighted by Crippen LogP contribution is 2.33. The van der Waals surface area contributed by atoms with Crippen molar-refractivity contribution in [2.24, 2.45) is 11.8 Å². The van der Waals surface area contributed by atoms with Gasteiger partial charge in [-0.2, -0.15) is 4.31 Å². The van der Waals surface area contributed by atoms with E-state index >= 15 is 0 Å². The van der Waals surface area contributed by atoms with Crippen molar-refractivity contribution in [2.75, 3.05) is 46.5 Å². The molecule has 0 aliphatic carbocycles. The van der Waals surface area contributed by atoms with Gasteiger partial charge in [-0.25, -0.2) is 13.2 Å². The van der Waals surface area contributed by atoms with Gasteiger partial charge in [0.2, 0.25) is 10.0 Å². The maximum atomic E-state index is 13.9. The first-order chi connectivity index (χ1) is 20.7. The number of aliphatic hydroxyl groups is 1. The number of carbonyl (C=O) groups is 1. The van der Waals surface area contributed by atoms with Crippen LogP contribution >= 0.6 is 0 Å². The monoisotopic (exact) mass is 619 g/mol. The van der Waals surface area contributed by atoms with E-state index < -0.39 is 34.4 Å². The van der Waals surface area contributed by atoms with Gasteiger partial charge in [0, 0.05) is 13.1 Å². The Labute approximate surface area is 252 Å². The number of rotatable bonds is 12. The zero-order valence-corrected chi connectivity index (χ0v) is 25.1. The van der Waals surface area contributed by atoms with Crippen molar-refractivity contribution in [1.29, 1.82) is 0 Å². The highest BCUT2D eigenvalue weighted by atomic mass is 32.2. The lowest BCUT2D eigenvalue weighted by Crippen LogP contribution is -2.52. The molecule has 1 amide bonds. The van der Waals surface area contributed by atoms with E-state index in [0.717, 1.165) is 37.9 Å². The standard InChI is InChI=1S/C30H41N3O9S/c1-39-23-6-8-24(9-7-23)43(37,38)33(17-21-10-13-31-14-11-21)18-27(35)26(16-20-2-4-22(34)5-3-20)32-30(36)42-28-19-41-29-25(28)12-15-40-29/h2-9,21,25-29,31,34-35H,10-19H2,1H3,(H,32,36)/t25-,26-,27+,28?,29+/m0/s1. The first-order valence-electron chi connectivity index (χ1n) is 14.7. The molecule has 12 nitrogen and oxygen atoms in total. The van der Waals surface area contributed by atoms with Crippen LogP contribution in [0.25, 0.3) is 0 Å². The number of aromatic hydroxyl groups is 1. The number of phenolic OH excluding ortho intramolecular Hbond substituents is 1. The van der Waals surface area contributed by atoms with Crippen LogP contribution in [0.15, 0.2) is 53.4 Å². The number of alkyl carbamates (subject to hydrolysis) is 1. The van der Waals surface area contributed by atoms with Crippen molar-refractivity contribution in [3.8, 4) is 11.5 Å². The molecular weight excluding hydrogens is 578 g/mol. The minimum atomic E-state index is -4.00. The number of fused-ring (bicyclic) bond motifs is 1. The third-order valence-corrected chi connectivity index (χ3v) is 10.3. The number of piperidine rings is 1. The molecule has 4 N–H and O–H groups in total. The molecule has 0 bridgehead atoms. The molecule has 3 fully saturated rings. The van der Waals surface area contributed by atoms with Crippen LogP contribution in [0.4, 0.5) is 4.79 Å². The number of hydrogen-bond donors (Lipinski definition) is 4. The molecule has 3 aliphatic rings. The molecule has 5 rings (SSSR count). The van der Waals surface area contributed by atoms with Crippen molar-refractivity contribution in [3.63, 3.8) is 0 Å². The Balaban J connectivity index is 1.35. The maximum absolute atomic E-state index is 13.9. The maximum Gasteiger partial charge on any atom is 0.407 e. The fraction of sp³-hybridized carbons (Fsp3) is 0.567. The summed E-state index contributed by atoms with van der Waals surface area (Å²) in [6, 6.07) is 11.7. The van der Waals surface area contributed by atoms with Crippen molar-refractivity contribution >= 4 is 16.1 Å². The Bertz CT molecular complexity index is 1300. The average Bonchev–Trinajstić information content (AvgIpc) is 3.63. The Kier molecular flexibility index (Phi) is 10.4. The molecule has 3 heterocycles. The van der Waals surface area contributed by atoms with E-state index in [1.165, 1.54) is 35.7 Å². The highest BCUT2D eigenvalue weighted by Gasteiger charge is 2.44. The van der Waals surface area contributed by atoms with Gasteiger partial charge in [0.25, 0.3) is 0 Å². The number of benzene rings is 2. The zero-order chi connectivity index (χ0) is 30.4. The summed E-state index contributed by atoms with van der Waals surface area (Å²) in [6.45, 7) is 2.32. The predicted molar refractivity (Wildman–Crippen MR) is 156 cm³/mol. The van der Waals surface area contributed by atoms with Crippen LogP contribution in [0.2, 0.25) is 0 Å². The summed E-state index contributed by atoms with van der Waals surface area (Å²) >= 11 is 0. The lowest BCUT2D eigenvalue weighted by atomic mass is 9.97. The highest BCUT2D eigenvalue weighted by molar-refractivity contribution is 7.89. The van der Waals surface area contributed by atoms with Gasteiger partial charge in [-0.15, -0.1) is 0 Å². The molecule has 13 heteroatoms. The minimum Gasteiger partial charge on any atom is -0.508 e. The topological polar surface area (TPSA) is 156 Å². The number of aliphatic hydroxyl groups excluding tert-OH is 1. The normalized spacial score (nSPS) is 23.9. The SMILES string of the molecule is COc1ccc(S(=O)(=O)N(CC2CCNCC2)C[C@@H](O)[C@H](Cc2ccc(O)cc2)NC(=O)OC2CO[C@H]3OCC[C@@H]23)cc1. The summed E-state index contributed by atoms with van der Waals surface area (Å²) in [5, 5.41) is 27.4. The molecule has 43 heavy (non-hydrogen) atoms. The molecule has 5 atom stereocenters. The van der Waals surface area contributed by atoms with Crippen molar-refractivity contribution < 1.29 is 42.4 Å². The number of hydrogen-bond acceptors (Lipinski definition) is 10. The third kappa shape index (κ3) is 7.97. The molecular formula is C30H41N3O9S. The lowest BCUT2D eigenvalue weighted by molar-refractivity contribution is -0.0907. The number of nitrogens with one attached hydrogen (secondary N) is 2. The molecule has 0 spiro atoms. The second kappa shape index (κ2) is 14.2. The van der Waals surface area contributed by atoms with Gasteiger partial charge in [-0.1, -0.05) is 12.1 Å². The molecule has 236 valence electrons. The summed E-state index contributed by atoms with van der Waals surface area (Å²) in [7, 11) is -2.49. The molecule has 3 aliphatic heterocycles. The van der Waals surface area contributed by atoms with Gasteiger partial charge < -0.3 is 39.8 Å². The van der Waals surface area contributed by atoms with E-state index in [1.54, 1.807) is 24.3 Å². The van der Waals surface area contributed by atoms with Crippen LogP contribution in [0.3, 0.4) is 0 Å². The van der Waals surface area contributed by atoms with E-state index in [4.69, 9.17) is 18.9 Å². The fourth-order valence-corrected chi connectivity index (χ4v) is 7.43.